The fraction of sp³-hybridized carbons (Fsp3) is 0.444. The number of aryl methyl sites for hydroxylation is 1. The van der Waals surface area contributed by atoms with Crippen LogP contribution in [0.4, 0.5) is 5.69 Å². The van der Waals surface area contributed by atoms with E-state index in [1.54, 1.807) is 13.0 Å². The van der Waals surface area contributed by atoms with Crippen molar-refractivity contribution in [2.24, 2.45) is 5.73 Å². The summed E-state index contributed by atoms with van der Waals surface area (Å²) in [5.41, 5.74) is 7.21. The molecule has 0 unspecified atom stereocenters. The molecule has 2 aromatic heterocycles. The molecule has 0 saturated carbocycles. The summed E-state index contributed by atoms with van der Waals surface area (Å²) in [5, 5.41) is 3.73. The highest BCUT2D eigenvalue weighted by atomic mass is 16.5. The number of esters is 1. The van der Waals surface area contributed by atoms with Crippen LogP contribution in [0, 0.1) is 0 Å². The molecule has 1 amide bonds. The van der Waals surface area contributed by atoms with Crippen LogP contribution in [-0.2, 0) is 22.6 Å². The molecule has 188 valence electrons. The number of anilines is 1. The fourth-order valence-electron chi connectivity index (χ4n) is 4.20. The molecule has 0 bridgehead atoms. The SMILES string of the molecule is CCOC(=O)Cn1cc(NC(=O)c2cccc3c2ccn3CCCCCCCCCN)ccc1=O. The monoisotopic (exact) mass is 480 g/mol. The predicted molar refractivity (Wildman–Crippen MR) is 139 cm³/mol. The maximum Gasteiger partial charge on any atom is 0.326 e. The summed E-state index contributed by atoms with van der Waals surface area (Å²) in [7, 11) is 0. The van der Waals surface area contributed by atoms with Crippen LogP contribution in [0.5, 0.6) is 0 Å². The first kappa shape index (κ1) is 26.2. The minimum absolute atomic E-state index is 0.206. The number of amides is 1. The van der Waals surface area contributed by atoms with Gasteiger partial charge in [-0.05, 0) is 50.6 Å². The second kappa shape index (κ2) is 13.5. The summed E-state index contributed by atoms with van der Waals surface area (Å²) in [6.45, 7) is 3.43. The Labute approximate surface area is 206 Å². The van der Waals surface area contributed by atoms with Gasteiger partial charge in [-0.1, -0.05) is 38.2 Å². The van der Waals surface area contributed by atoms with Crippen molar-refractivity contribution in [3.05, 3.63) is 64.7 Å². The Morgan fingerprint density at radius 3 is 2.43 bits per heavy atom. The van der Waals surface area contributed by atoms with Crippen molar-refractivity contribution in [3.63, 3.8) is 0 Å². The van der Waals surface area contributed by atoms with Gasteiger partial charge in [-0.2, -0.15) is 0 Å². The van der Waals surface area contributed by atoms with Gasteiger partial charge in [0.25, 0.3) is 11.5 Å². The molecular weight excluding hydrogens is 444 g/mol. The number of nitrogens with one attached hydrogen (secondary N) is 1. The number of carbonyl (C=O) groups is 2. The number of hydrogen-bond acceptors (Lipinski definition) is 5. The van der Waals surface area contributed by atoms with E-state index in [2.05, 4.69) is 9.88 Å². The second-order valence-electron chi connectivity index (χ2n) is 8.65. The highest BCUT2D eigenvalue weighted by Crippen LogP contribution is 2.22. The van der Waals surface area contributed by atoms with Gasteiger partial charge in [0.15, 0.2) is 0 Å². The van der Waals surface area contributed by atoms with Crippen molar-refractivity contribution in [2.75, 3.05) is 18.5 Å². The van der Waals surface area contributed by atoms with Gasteiger partial charge < -0.3 is 24.9 Å². The minimum Gasteiger partial charge on any atom is -0.465 e. The molecule has 2 heterocycles. The number of pyridine rings is 1. The maximum atomic E-state index is 13.1. The fourth-order valence-corrected chi connectivity index (χ4v) is 4.20. The van der Waals surface area contributed by atoms with Crippen LogP contribution in [0.25, 0.3) is 10.9 Å². The molecule has 0 saturated heterocycles. The van der Waals surface area contributed by atoms with Crippen molar-refractivity contribution < 1.29 is 14.3 Å². The van der Waals surface area contributed by atoms with Gasteiger partial charge in [0.2, 0.25) is 0 Å². The number of nitrogens with zero attached hydrogens (tertiary/aromatic N) is 2. The molecule has 3 rings (SSSR count). The van der Waals surface area contributed by atoms with E-state index in [1.807, 2.05) is 24.4 Å². The molecule has 8 nitrogen and oxygen atoms in total. The summed E-state index contributed by atoms with van der Waals surface area (Å²) < 4.78 is 8.33. The normalized spacial score (nSPS) is 11.0. The number of ether oxygens (including phenoxy) is 1. The van der Waals surface area contributed by atoms with Crippen molar-refractivity contribution in [1.29, 1.82) is 0 Å². The number of aromatic nitrogens is 2. The molecule has 3 aromatic rings. The Kier molecular flexibility index (Phi) is 10.1. The van der Waals surface area contributed by atoms with Crippen LogP contribution >= 0.6 is 0 Å². The Bertz CT molecular complexity index is 1180. The average Bonchev–Trinajstić information content (AvgIpc) is 3.26. The molecule has 0 aliphatic carbocycles. The summed E-state index contributed by atoms with van der Waals surface area (Å²) >= 11 is 0. The third-order valence-corrected chi connectivity index (χ3v) is 6.01. The number of benzene rings is 1. The van der Waals surface area contributed by atoms with E-state index in [1.165, 1.54) is 55.0 Å². The van der Waals surface area contributed by atoms with Gasteiger partial charge in [0.1, 0.15) is 6.54 Å². The third-order valence-electron chi connectivity index (χ3n) is 6.01. The Hall–Kier alpha value is -3.39. The molecule has 0 atom stereocenters. The number of hydrogen-bond donors (Lipinski definition) is 2. The zero-order valence-electron chi connectivity index (χ0n) is 20.5. The lowest BCUT2D eigenvalue weighted by molar-refractivity contribution is -0.143. The first-order chi connectivity index (χ1) is 17.0. The van der Waals surface area contributed by atoms with E-state index in [-0.39, 0.29) is 24.6 Å². The molecule has 3 N–H and O–H groups in total. The molecule has 0 aliphatic heterocycles. The molecule has 0 aliphatic rings. The molecule has 0 spiro atoms. The standard InChI is InChI=1S/C27H36N4O4/c1-2-35-26(33)20-31-19-21(13-14-25(31)32)29-27(34)23-11-10-12-24-22(23)15-18-30(24)17-9-7-5-3-4-6-8-16-28/h10-15,18-19H,2-9,16-17,20,28H2,1H3,(H,29,34). The quantitative estimate of drug-likeness (QED) is 0.264. The second-order valence-corrected chi connectivity index (χ2v) is 8.65. The van der Waals surface area contributed by atoms with Crippen LogP contribution in [0.1, 0.15) is 62.2 Å². The number of unbranched alkanes of at least 4 members (excludes halogenated alkanes) is 6. The lowest BCUT2D eigenvalue weighted by atomic mass is 10.1. The van der Waals surface area contributed by atoms with Gasteiger partial charge >= 0.3 is 5.97 Å². The van der Waals surface area contributed by atoms with E-state index < -0.39 is 5.97 Å². The van der Waals surface area contributed by atoms with E-state index in [4.69, 9.17) is 10.5 Å². The van der Waals surface area contributed by atoms with E-state index >= 15 is 0 Å². The van der Waals surface area contributed by atoms with Crippen molar-refractivity contribution in [3.8, 4) is 0 Å². The van der Waals surface area contributed by atoms with Gasteiger partial charge in [-0.25, -0.2) is 0 Å². The highest BCUT2D eigenvalue weighted by molar-refractivity contribution is 6.12. The van der Waals surface area contributed by atoms with Crippen LogP contribution in [0.3, 0.4) is 0 Å². The van der Waals surface area contributed by atoms with Crippen LogP contribution in [0.2, 0.25) is 0 Å². The molecule has 8 heteroatoms. The number of rotatable bonds is 14. The smallest absolute Gasteiger partial charge is 0.326 e. The first-order valence-corrected chi connectivity index (χ1v) is 12.5. The summed E-state index contributed by atoms with van der Waals surface area (Å²) in [4.78, 5) is 36.9. The zero-order valence-corrected chi connectivity index (χ0v) is 20.5. The van der Waals surface area contributed by atoms with Gasteiger partial charge in [0.05, 0.1) is 12.3 Å². The van der Waals surface area contributed by atoms with Gasteiger partial charge in [-0.3, -0.25) is 14.4 Å². The van der Waals surface area contributed by atoms with Crippen molar-refractivity contribution in [2.45, 2.75) is 65.0 Å². The third kappa shape index (κ3) is 7.55. The Morgan fingerprint density at radius 1 is 0.943 bits per heavy atom. The summed E-state index contributed by atoms with van der Waals surface area (Å²) in [6.07, 6.45) is 11.8. The predicted octanol–water partition coefficient (Wildman–Crippen LogP) is 4.31. The molecule has 1 aromatic carbocycles. The maximum absolute atomic E-state index is 13.1. The summed E-state index contributed by atoms with van der Waals surface area (Å²) in [5.74, 6) is -0.775. The van der Waals surface area contributed by atoms with Crippen LogP contribution < -0.4 is 16.6 Å². The number of fused-ring (bicyclic) bond motifs is 1. The molecule has 0 radical (unpaired) electrons. The lowest BCUT2D eigenvalue weighted by Crippen LogP contribution is -2.25. The van der Waals surface area contributed by atoms with Gasteiger partial charge in [0, 0.05) is 41.5 Å². The van der Waals surface area contributed by atoms with Crippen LogP contribution in [-0.4, -0.2) is 34.2 Å². The van der Waals surface area contributed by atoms with E-state index in [0.717, 1.165) is 36.8 Å². The first-order valence-electron chi connectivity index (χ1n) is 12.5. The number of nitrogens with two attached hydrogens (primary N) is 1. The average molecular weight is 481 g/mol. The summed E-state index contributed by atoms with van der Waals surface area (Å²) in [6, 6.07) is 10.5. The topological polar surface area (TPSA) is 108 Å². The lowest BCUT2D eigenvalue weighted by Gasteiger charge is -2.10. The van der Waals surface area contributed by atoms with Crippen molar-refractivity contribution >= 4 is 28.5 Å². The van der Waals surface area contributed by atoms with Crippen molar-refractivity contribution in [1.82, 2.24) is 9.13 Å². The minimum atomic E-state index is -0.504. The Morgan fingerprint density at radius 2 is 1.69 bits per heavy atom. The number of carbonyl (C=O) groups excluding carboxylic acids is 2. The molecule has 0 fully saturated rings. The Balaban J connectivity index is 1.62. The van der Waals surface area contributed by atoms with Crippen LogP contribution in [0.15, 0.2) is 53.6 Å². The molecule has 35 heavy (non-hydrogen) atoms. The highest BCUT2D eigenvalue weighted by Gasteiger charge is 2.14. The zero-order chi connectivity index (χ0) is 25.0. The molecular formula is C27H36N4O4. The van der Waals surface area contributed by atoms with E-state index in [9.17, 15) is 14.4 Å². The van der Waals surface area contributed by atoms with Gasteiger partial charge in [-0.15, -0.1) is 0 Å². The van der Waals surface area contributed by atoms with E-state index in [0.29, 0.717) is 11.3 Å². The largest absolute Gasteiger partial charge is 0.465 e.